The summed E-state index contributed by atoms with van der Waals surface area (Å²) in [6.07, 6.45) is 9.17. The van der Waals surface area contributed by atoms with Crippen LogP contribution in [-0.2, 0) is 17.6 Å². The molecule has 0 saturated carbocycles. The quantitative estimate of drug-likeness (QED) is 0.731. The predicted octanol–water partition coefficient (Wildman–Crippen LogP) is 3.05. The number of fused-ring (bicyclic) bond motifs is 1. The molecule has 1 aliphatic rings. The summed E-state index contributed by atoms with van der Waals surface area (Å²) >= 11 is 0. The fraction of sp³-hybridized carbons (Fsp3) is 0.688. The van der Waals surface area contributed by atoms with Crippen LogP contribution in [-0.4, -0.2) is 27.6 Å². The van der Waals surface area contributed by atoms with Gasteiger partial charge in [-0.3, -0.25) is 4.79 Å². The zero-order valence-electron chi connectivity index (χ0n) is 12.8. The van der Waals surface area contributed by atoms with Gasteiger partial charge in [-0.05, 0) is 38.0 Å². The fourth-order valence-electron chi connectivity index (χ4n) is 3.08. The minimum Gasteiger partial charge on any atom is -0.481 e. The van der Waals surface area contributed by atoms with Crippen molar-refractivity contribution in [1.29, 1.82) is 0 Å². The molecule has 0 aliphatic heterocycles. The summed E-state index contributed by atoms with van der Waals surface area (Å²) in [7, 11) is 0. The van der Waals surface area contributed by atoms with Crippen molar-refractivity contribution in [3.63, 3.8) is 0 Å². The summed E-state index contributed by atoms with van der Waals surface area (Å²) in [6, 6.07) is 0. The molecule has 1 aliphatic carbocycles. The molecule has 5 heteroatoms. The number of nitrogens with one attached hydrogen (secondary N) is 1. The van der Waals surface area contributed by atoms with Crippen LogP contribution in [0.5, 0.6) is 0 Å². The van der Waals surface area contributed by atoms with E-state index in [9.17, 15) is 4.79 Å². The van der Waals surface area contributed by atoms with E-state index in [1.54, 1.807) is 6.33 Å². The summed E-state index contributed by atoms with van der Waals surface area (Å²) < 4.78 is 0. The van der Waals surface area contributed by atoms with Gasteiger partial charge in [0.15, 0.2) is 0 Å². The molecule has 0 aromatic carbocycles. The lowest BCUT2D eigenvalue weighted by molar-refractivity contribution is -0.137. The Morgan fingerprint density at radius 3 is 2.95 bits per heavy atom. The monoisotopic (exact) mass is 291 g/mol. The molecule has 0 radical (unpaired) electrons. The largest absolute Gasteiger partial charge is 0.481 e. The van der Waals surface area contributed by atoms with Gasteiger partial charge >= 0.3 is 5.97 Å². The third-order valence-electron chi connectivity index (χ3n) is 4.18. The molecule has 116 valence electrons. The van der Waals surface area contributed by atoms with Crippen LogP contribution in [0, 0.1) is 5.92 Å². The Hall–Kier alpha value is -1.65. The maximum Gasteiger partial charge on any atom is 0.303 e. The Kier molecular flexibility index (Phi) is 5.96. The van der Waals surface area contributed by atoms with Gasteiger partial charge < -0.3 is 10.4 Å². The molecule has 1 heterocycles. The molecule has 1 aromatic rings. The van der Waals surface area contributed by atoms with Gasteiger partial charge in [0.25, 0.3) is 0 Å². The Bertz CT molecular complexity index is 477. The molecule has 1 aromatic heterocycles. The van der Waals surface area contributed by atoms with Crippen molar-refractivity contribution in [2.24, 2.45) is 5.92 Å². The molecule has 5 nitrogen and oxygen atoms in total. The van der Waals surface area contributed by atoms with E-state index in [0.717, 1.165) is 50.9 Å². The van der Waals surface area contributed by atoms with Crippen LogP contribution in [0.15, 0.2) is 6.33 Å². The second-order valence-electron chi connectivity index (χ2n) is 5.80. The van der Waals surface area contributed by atoms with Crippen LogP contribution in [0.1, 0.15) is 56.7 Å². The molecule has 2 rings (SSSR count). The van der Waals surface area contributed by atoms with Crippen molar-refractivity contribution >= 4 is 11.8 Å². The molecular formula is C16H25N3O2. The van der Waals surface area contributed by atoms with Crippen LogP contribution >= 0.6 is 0 Å². The molecule has 0 fully saturated rings. The number of hydrogen-bond acceptors (Lipinski definition) is 4. The molecule has 0 spiro atoms. The van der Waals surface area contributed by atoms with E-state index in [-0.39, 0.29) is 6.42 Å². The van der Waals surface area contributed by atoms with Crippen molar-refractivity contribution < 1.29 is 9.90 Å². The summed E-state index contributed by atoms with van der Waals surface area (Å²) in [5, 5.41) is 12.2. The van der Waals surface area contributed by atoms with E-state index in [2.05, 4.69) is 22.2 Å². The molecule has 0 amide bonds. The van der Waals surface area contributed by atoms with Gasteiger partial charge in [-0.15, -0.1) is 0 Å². The lowest BCUT2D eigenvalue weighted by Crippen LogP contribution is -2.13. The molecule has 21 heavy (non-hydrogen) atoms. The summed E-state index contributed by atoms with van der Waals surface area (Å²) in [5.74, 6) is 0.761. The van der Waals surface area contributed by atoms with Gasteiger partial charge in [-0.1, -0.05) is 19.8 Å². The van der Waals surface area contributed by atoms with Gasteiger partial charge in [0.1, 0.15) is 12.1 Å². The van der Waals surface area contributed by atoms with E-state index < -0.39 is 5.97 Å². The topological polar surface area (TPSA) is 75.1 Å². The third kappa shape index (κ3) is 4.69. The third-order valence-corrected chi connectivity index (χ3v) is 4.18. The van der Waals surface area contributed by atoms with Crippen LogP contribution in [0.3, 0.4) is 0 Å². The number of aliphatic carboxylic acids is 1. The first-order valence-corrected chi connectivity index (χ1v) is 7.99. The van der Waals surface area contributed by atoms with Crippen LogP contribution in [0.25, 0.3) is 0 Å². The van der Waals surface area contributed by atoms with Gasteiger partial charge in [0.05, 0.1) is 0 Å². The molecule has 1 atom stereocenters. The normalized spacial score (nSPS) is 14.7. The summed E-state index contributed by atoms with van der Waals surface area (Å²) in [5.41, 5.74) is 2.46. The van der Waals surface area contributed by atoms with Gasteiger partial charge in [-0.2, -0.15) is 0 Å². The lowest BCUT2D eigenvalue weighted by Gasteiger charge is -2.16. The van der Waals surface area contributed by atoms with Crippen LogP contribution in [0.4, 0.5) is 5.82 Å². The first kappa shape index (κ1) is 15.7. The number of aromatic nitrogens is 2. The second-order valence-corrected chi connectivity index (χ2v) is 5.80. The number of nitrogens with zero attached hydrogens (tertiary/aromatic N) is 2. The summed E-state index contributed by atoms with van der Waals surface area (Å²) in [4.78, 5) is 19.4. The van der Waals surface area contributed by atoms with Crippen LogP contribution in [0.2, 0.25) is 0 Å². The average molecular weight is 291 g/mol. The first-order valence-electron chi connectivity index (χ1n) is 7.99. The standard InChI is InChI=1S/C16H25N3O2/c1-2-4-12(7-8-15(20)21)9-10-17-16-13-5-3-6-14(13)18-11-19-16/h11-12H,2-10H2,1H3,(H,20,21)(H,17,18,19). The molecule has 0 saturated heterocycles. The molecule has 1 unspecified atom stereocenters. The zero-order valence-corrected chi connectivity index (χ0v) is 12.8. The van der Waals surface area contributed by atoms with Crippen molar-refractivity contribution in [2.75, 3.05) is 11.9 Å². The van der Waals surface area contributed by atoms with Gasteiger partial charge in [0.2, 0.25) is 0 Å². The average Bonchev–Trinajstić information content (AvgIpc) is 2.94. The maximum atomic E-state index is 10.7. The Labute approximate surface area is 126 Å². The van der Waals surface area contributed by atoms with E-state index >= 15 is 0 Å². The predicted molar refractivity (Wildman–Crippen MR) is 82.4 cm³/mol. The van der Waals surface area contributed by atoms with Crippen molar-refractivity contribution in [3.8, 4) is 0 Å². The van der Waals surface area contributed by atoms with E-state index in [0.29, 0.717) is 5.92 Å². The van der Waals surface area contributed by atoms with Crippen molar-refractivity contribution in [3.05, 3.63) is 17.6 Å². The van der Waals surface area contributed by atoms with Gasteiger partial charge in [0, 0.05) is 24.2 Å². The Morgan fingerprint density at radius 2 is 2.19 bits per heavy atom. The number of anilines is 1. The first-order chi connectivity index (χ1) is 10.2. The van der Waals surface area contributed by atoms with E-state index in [1.165, 1.54) is 17.7 Å². The highest BCUT2D eigenvalue weighted by Crippen LogP contribution is 2.25. The summed E-state index contributed by atoms with van der Waals surface area (Å²) in [6.45, 7) is 3.01. The fourth-order valence-corrected chi connectivity index (χ4v) is 3.08. The van der Waals surface area contributed by atoms with E-state index in [1.807, 2.05) is 0 Å². The zero-order chi connectivity index (χ0) is 15.1. The van der Waals surface area contributed by atoms with Crippen molar-refractivity contribution in [2.45, 2.75) is 58.3 Å². The SMILES string of the molecule is CCCC(CCNc1ncnc2c1CCC2)CCC(=O)O. The highest BCUT2D eigenvalue weighted by Gasteiger charge is 2.17. The number of hydrogen-bond donors (Lipinski definition) is 2. The Morgan fingerprint density at radius 1 is 1.33 bits per heavy atom. The number of aryl methyl sites for hydroxylation is 1. The molecular weight excluding hydrogens is 266 g/mol. The lowest BCUT2D eigenvalue weighted by atomic mass is 9.94. The molecule has 0 bridgehead atoms. The van der Waals surface area contributed by atoms with Crippen LogP contribution < -0.4 is 5.32 Å². The number of carbonyl (C=O) groups is 1. The second kappa shape index (κ2) is 7.96. The number of carboxylic acids is 1. The minimum atomic E-state index is -0.697. The highest BCUT2D eigenvalue weighted by atomic mass is 16.4. The maximum absolute atomic E-state index is 10.7. The number of rotatable bonds is 9. The minimum absolute atomic E-state index is 0.271. The van der Waals surface area contributed by atoms with Crippen molar-refractivity contribution in [1.82, 2.24) is 9.97 Å². The molecule has 2 N–H and O–H groups in total. The highest BCUT2D eigenvalue weighted by molar-refractivity contribution is 5.66. The van der Waals surface area contributed by atoms with E-state index in [4.69, 9.17) is 5.11 Å². The van der Waals surface area contributed by atoms with Gasteiger partial charge in [-0.25, -0.2) is 9.97 Å². The Balaban J connectivity index is 1.82. The number of carboxylic acid groups (broad SMARTS) is 1. The smallest absolute Gasteiger partial charge is 0.303 e.